The lowest BCUT2D eigenvalue weighted by molar-refractivity contribution is -0.142. The quantitative estimate of drug-likeness (QED) is 0.602. The van der Waals surface area contributed by atoms with Crippen LogP contribution in [0.1, 0.15) is 17.3 Å². The predicted molar refractivity (Wildman–Crippen MR) is 53.1 cm³/mol. The Morgan fingerprint density at radius 2 is 2.25 bits per heavy atom. The van der Waals surface area contributed by atoms with Gasteiger partial charge in [0.2, 0.25) is 5.95 Å². The molecule has 0 radical (unpaired) electrons. The molecule has 16 heavy (non-hydrogen) atoms. The summed E-state index contributed by atoms with van der Waals surface area (Å²) in [5.74, 6) is -2.18. The summed E-state index contributed by atoms with van der Waals surface area (Å²) < 4.78 is 17.5. The summed E-state index contributed by atoms with van der Waals surface area (Å²) in [4.78, 5) is 25.8. The molecule has 1 aromatic heterocycles. The van der Waals surface area contributed by atoms with Crippen molar-refractivity contribution in [3.63, 3.8) is 0 Å². The van der Waals surface area contributed by atoms with Crippen molar-refractivity contribution in [1.29, 1.82) is 0 Å². The van der Waals surface area contributed by atoms with Crippen molar-refractivity contribution >= 4 is 11.9 Å². The number of rotatable bonds is 3. The summed E-state index contributed by atoms with van der Waals surface area (Å²) in [6.07, 6.45) is 1.23. The number of esters is 1. The van der Waals surface area contributed by atoms with Gasteiger partial charge in [0.05, 0.1) is 12.7 Å². The summed E-state index contributed by atoms with van der Waals surface area (Å²) in [5, 5.41) is 2.29. The molecule has 1 amide bonds. The average molecular weight is 226 g/mol. The highest BCUT2D eigenvalue weighted by Gasteiger charge is 2.19. The van der Waals surface area contributed by atoms with Gasteiger partial charge in [-0.3, -0.25) is 4.79 Å². The van der Waals surface area contributed by atoms with Crippen molar-refractivity contribution in [1.82, 2.24) is 10.3 Å². The second-order valence-corrected chi connectivity index (χ2v) is 3.06. The van der Waals surface area contributed by atoms with Crippen LogP contribution in [0.3, 0.4) is 0 Å². The zero-order valence-corrected chi connectivity index (χ0v) is 8.86. The third-order valence-electron chi connectivity index (χ3n) is 1.91. The van der Waals surface area contributed by atoms with E-state index in [2.05, 4.69) is 15.0 Å². The van der Waals surface area contributed by atoms with Crippen LogP contribution in [0, 0.1) is 5.95 Å². The Morgan fingerprint density at radius 1 is 1.56 bits per heavy atom. The highest BCUT2D eigenvalue weighted by atomic mass is 19.1. The molecule has 0 aliphatic rings. The van der Waals surface area contributed by atoms with Gasteiger partial charge in [-0.15, -0.1) is 0 Å². The van der Waals surface area contributed by atoms with E-state index in [4.69, 9.17) is 0 Å². The molecule has 1 unspecified atom stereocenters. The lowest BCUT2D eigenvalue weighted by Crippen LogP contribution is -2.39. The summed E-state index contributed by atoms with van der Waals surface area (Å²) in [6.45, 7) is 1.44. The maximum absolute atomic E-state index is 13.1. The Balaban J connectivity index is 2.73. The van der Waals surface area contributed by atoms with Crippen molar-refractivity contribution in [2.45, 2.75) is 13.0 Å². The third-order valence-corrected chi connectivity index (χ3v) is 1.91. The van der Waals surface area contributed by atoms with E-state index < -0.39 is 23.9 Å². The van der Waals surface area contributed by atoms with E-state index in [1.165, 1.54) is 32.4 Å². The van der Waals surface area contributed by atoms with Crippen molar-refractivity contribution in [3.05, 3.63) is 29.8 Å². The molecule has 86 valence electrons. The van der Waals surface area contributed by atoms with E-state index >= 15 is 0 Å². The minimum atomic E-state index is -0.878. The number of carbonyl (C=O) groups excluding carboxylic acids is 2. The molecule has 0 aromatic carbocycles. The molecule has 0 saturated carbocycles. The maximum atomic E-state index is 13.1. The molecule has 1 heterocycles. The van der Waals surface area contributed by atoms with E-state index in [1.807, 2.05) is 0 Å². The first-order chi connectivity index (χ1) is 7.56. The summed E-state index contributed by atoms with van der Waals surface area (Å²) in [6, 6.07) is 1.87. The molecule has 1 rings (SSSR count). The molecule has 0 spiro atoms. The van der Waals surface area contributed by atoms with Crippen LogP contribution in [0.2, 0.25) is 0 Å². The number of hydrogen-bond acceptors (Lipinski definition) is 4. The van der Waals surface area contributed by atoms with Crippen LogP contribution in [0.25, 0.3) is 0 Å². The normalized spacial score (nSPS) is 11.7. The first kappa shape index (κ1) is 12.1. The Hall–Kier alpha value is -1.98. The van der Waals surface area contributed by atoms with Crippen molar-refractivity contribution < 1.29 is 18.7 Å². The first-order valence-corrected chi connectivity index (χ1v) is 4.55. The second-order valence-electron chi connectivity index (χ2n) is 3.06. The minimum absolute atomic E-state index is 0.210. The van der Waals surface area contributed by atoms with Crippen LogP contribution in [-0.4, -0.2) is 30.0 Å². The molecule has 0 aliphatic heterocycles. The lowest BCUT2D eigenvalue weighted by atomic mass is 10.2. The van der Waals surface area contributed by atoms with Crippen LogP contribution in [-0.2, 0) is 9.53 Å². The monoisotopic (exact) mass is 226 g/mol. The van der Waals surface area contributed by atoms with Crippen molar-refractivity contribution in [2.24, 2.45) is 0 Å². The Morgan fingerprint density at radius 3 is 2.81 bits per heavy atom. The molecule has 1 aromatic rings. The topological polar surface area (TPSA) is 68.3 Å². The number of nitrogens with one attached hydrogen (secondary N) is 1. The number of methoxy groups -OCH3 is 1. The molecular weight excluding hydrogens is 215 g/mol. The summed E-state index contributed by atoms with van der Waals surface area (Å²) in [5.41, 5.74) is -0.210. The van der Waals surface area contributed by atoms with Crippen LogP contribution < -0.4 is 5.32 Å². The molecule has 0 fully saturated rings. The maximum Gasteiger partial charge on any atom is 0.328 e. The third kappa shape index (κ3) is 2.75. The van der Waals surface area contributed by atoms with Gasteiger partial charge in [-0.1, -0.05) is 0 Å². The lowest BCUT2D eigenvalue weighted by Gasteiger charge is -2.11. The molecule has 1 atom stereocenters. The van der Waals surface area contributed by atoms with Crippen LogP contribution >= 0.6 is 0 Å². The van der Waals surface area contributed by atoms with Crippen LogP contribution in [0.4, 0.5) is 4.39 Å². The van der Waals surface area contributed by atoms with Gasteiger partial charge in [-0.25, -0.2) is 9.78 Å². The molecule has 1 N–H and O–H groups in total. The number of carbonyl (C=O) groups is 2. The highest BCUT2D eigenvalue weighted by molar-refractivity contribution is 5.96. The van der Waals surface area contributed by atoms with Gasteiger partial charge in [0, 0.05) is 6.20 Å². The number of hydrogen-bond donors (Lipinski definition) is 1. The number of pyridine rings is 1. The van der Waals surface area contributed by atoms with Crippen molar-refractivity contribution in [2.75, 3.05) is 7.11 Å². The number of nitrogens with zero attached hydrogens (tertiary/aromatic N) is 1. The largest absolute Gasteiger partial charge is 0.467 e. The predicted octanol–water partition coefficient (Wildman–Crippen LogP) is 0.512. The van der Waals surface area contributed by atoms with Gasteiger partial charge in [0.25, 0.3) is 5.91 Å². The molecule has 0 saturated heterocycles. The van der Waals surface area contributed by atoms with Crippen LogP contribution in [0.15, 0.2) is 18.3 Å². The van der Waals surface area contributed by atoms with Gasteiger partial charge >= 0.3 is 5.97 Å². The SMILES string of the molecule is COC(=O)C(C)NC(=O)c1cccnc1F. The smallest absolute Gasteiger partial charge is 0.328 e. The molecule has 6 heteroatoms. The number of amides is 1. The Kier molecular flexibility index (Phi) is 3.93. The second kappa shape index (κ2) is 5.20. The van der Waals surface area contributed by atoms with Crippen molar-refractivity contribution in [3.8, 4) is 0 Å². The fourth-order valence-electron chi connectivity index (χ4n) is 1.07. The van der Waals surface area contributed by atoms with E-state index in [-0.39, 0.29) is 5.56 Å². The first-order valence-electron chi connectivity index (χ1n) is 4.55. The molecule has 0 bridgehead atoms. The van der Waals surface area contributed by atoms with Gasteiger partial charge in [-0.2, -0.15) is 4.39 Å². The molecule has 0 aliphatic carbocycles. The van der Waals surface area contributed by atoms with Gasteiger partial charge in [-0.05, 0) is 19.1 Å². The fraction of sp³-hybridized carbons (Fsp3) is 0.300. The zero-order chi connectivity index (χ0) is 12.1. The summed E-state index contributed by atoms with van der Waals surface area (Å²) in [7, 11) is 1.20. The van der Waals surface area contributed by atoms with E-state index in [1.54, 1.807) is 0 Å². The van der Waals surface area contributed by atoms with Crippen LogP contribution in [0.5, 0.6) is 0 Å². The number of aromatic nitrogens is 1. The highest BCUT2D eigenvalue weighted by Crippen LogP contribution is 2.03. The van der Waals surface area contributed by atoms with Gasteiger partial charge in [0.15, 0.2) is 0 Å². The minimum Gasteiger partial charge on any atom is -0.467 e. The van der Waals surface area contributed by atoms with Gasteiger partial charge in [0.1, 0.15) is 6.04 Å². The number of halogens is 1. The standard InChI is InChI=1S/C10H11FN2O3/c1-6(10(15)16-2)13-9(14)7-4-3-5-12-8(7)11/h3-6H,1-2H3,(H,13,14). The van der Waals surface area contributed by atoms with E-state index in [0.717, 1.165) is 0 Å². The fourth-order valence-corrected chi connectivity index (χ4v) is 1.07. The zero-order valence-electron chi connectivity index (χ0n) is 8.86. The summed E-state index contributed by atoms with van der Waals surface area (Å²) >= 11 is 0. The van der Waals surface area contributed by atoms with E-state index in [9.17, 15) is 14.0 Å². The molecule has 5 nitrogen and oxygen atoms in total. The Bertz CT molecular complexity index is 409. The van der Waals surface area contributed by atoms with E-state index in [0.29, 0.717) is 0 Å². The van der Waals surface area contributed by atoms with Gasteiger partial charge < -0.3 is 10.1 Å². The average Bonchev–Trinajstić information content (AvgIpc) is 2.28. The molecular formula is C10H11FN2O3. The Labute approximate surface area is 91.6 Å². The number of ether oxygens (including phenoxy) is 1.